The fraction of sp³-hybridized carbons (Fsp3) is 1.00. The lowest BCUT2D eigenvalue weighted by Gasteiger charge is -2.48. The zero-order chi connectivity index (χ0) is 12.7. The molecule has 0 aromatic heterocycles. The molecule has 2 aliphatic rings. The summed E-state index contributed by atoms with van der Waals surface area (Å²) in [4.78, 5) is 2.55. The van der Waals surface area contributed by atoms with Gasteiger partial charge in [0.1, 0.15) is 0 Å². The third kappa shape index (κ3) is 2.15. The second kappa shape index (κ2) is 4.55. The maximum absolute atomic E-state index is 6.38. The van der Waals surface area contributed by atoms with E-state index in [1.54, 1.807) is 0 Å². The maximum Gasteiger partial charge on any atom is 0.0358 e. The van der Waals surface area contributed by atoms with Crippen molar-refractivity contribution in [2.24, 2.45) is 17.1 Å². The summed E-state index contributed by atoms with van der Waals surface area (Å²) in [6.07, 6.45) is 7.88. The fourth-order valence-corrected chi connectivity index (χ4v) is 4.05. The van der Waals surface area contributed by atoms with Crippen molar-refractivity contribution in [1.29, 1.82) is 0 Å². The van der Waals surface area contributed by atoms with Crippen LogP contribution in [0.25, 0.3) is 0 Å². The fourth-order valence-electron chi connectivity index (χ4n) is 4.05. The molecule has 0 aromatic carbocycles. The van der Waals surface area contributed by atoms with Crippen molar-refractivity contribution in [3.8, 4) is 0 Å². The molecule has 2 heteroatoms. The van der Waals surface area contributed by atoms with E-state index in [1.807, 2.05) is 0 Å². The normalized spacial score (nSPS) is 40.1. The van der Waals surface area contributed by atoms with Gasteiger partial charge in [-0.25, -0.2) is 0 Å². The van der Waals surface area contributed by atoms with Gasteiger partial charge in [0.2, 0.25) is 0 Å². The molecule has 1 atom stereocenters. The number of nitrogens with two attached hydrogens (primary N) is 1. The number of hydrogen-bond acceptors (Lipinski definition) is 2. The first-order chi connectivity index (χ1) is 7.92. The van der Waals surface area contributed by atoms with Gasteiger partial charge in [0.05, 0.1) is 0 Å². The molecule has 1 saturated heterocycles. The van der Waals surface area contributed by atoms with E-state index in [0.29, 0.717) is 17.0 Å². The van der Waals surface area contributed by atoms with Crippen molar-refractivity contribution < 1.29 is 0 Å². The van der Waals surface area contributed by atoms with Gasteiger partial charge in [0.15, 0.2) is 0 Å². The van der Waals surface area contributed by atoms with E-state index in [-0.39, 0.29) is 0 Å². The summed E-state index contributed by atoms with van der Waals surface area (Å²) in [5.41, 5.74) is 7.24. The highest BCUT2D eigenvalue weighted by Gasteiger charge is 2.48. The molecule has 2 N–H and O–H groups in total. The van der Waals surface area contributed by atoms with Crippen LogP contribution in [0.1, 0.15) is 59.3 Å². The summed E-state index contributed by atoms with van der Waals surface area (Å²) in [6.45, 7) is 8.41. The van der Waals surface area contributed by atoms with E-state index in [1.165, 1.54) is 45.1 Å². The van der Waals surface area contributed by atoms with Gasteiger partial charge in [0, 0.05) is 11.6 Å². The Morgan fingerprint density at radius 1 is 1.24 bits per heavy atom. The van der Waals surface area contributed by atoms with Crippen LogP contribution >= 0.6 is 0 Å². The minimum absolute atomic E-state index is 0.348. The summed E-state index contributed by atoms with van der Waals surface area (Å²) < 4.78 is 0. The first-order valence-electron chi connectivity index (χ1n) is 7.39. The third-order valence-electron chi connectivity index (χ3n) is 6.09. The molecule has 0 amide bonds. The first-order valence-corrected chi connectivity index (χ1v) is 7.39. The number of hydrogen-bond donors (Lipinski definition) is 1. The Labute approximate surface area is 107 Å². The molecule has 0 radical (unpaired) electrons. The number of likely N-dealkylation sites (N-methyl/N-ethyl adjacent to an activating group) is 1. The minimum atomic E-state index is 0.348. The molecule has 100 valence electrons. The summed E-state index contributed by atoms with van der Waals surface area (Å²) in [7, 11) is 2.28. The van der Waals surface area contributed by atoms with Crippen LogP contribution in [0.2, 0.25) is 0 Å². The molecule has 2 nitrogen and oxygen atoms in total. The average molecular weight is 238 g/mol. The van der Waals surface area contributed by atoms with Gasteiger partial charge in [0.25, 0.3) is 0 Å². The SMILES string of the molecule is CCC(C)(C)C1CCC2(CC1)C(N)CCN2C. The van der Waals surface area contributed by atoms with Crippen LogP contribution in [0.3, 0.4) is 0 Å². The van der Waals surface area contributed by atoms with E-state index >= 15 is 0 Å². The van der Waals surface area contributed by atoms with Crippen LogP contribution in [0, 0.1) is 11.3 Å². The topological polar surface area (TPSA) is 29.3 Å². The van der Waals surface area contributed by atoms with Crippen LogP contribution in [0.4, 0.5) is 0 Å². The summed E-state index contributed by atoms with van der Waals surface area (Å²) >= 11 is 0. The molecule has 1 heterocycles. The number of likely N-dealkylation sites (tertiary alicyclic amines) is 1. The predicted molar refractivity (Wildman–Crippen MR) is 74.0 cm³/mol. The highest BCUT2D eigenvalue weighted by molar-refractivity contribution is 5.06. The van der Waals surface area contributed by atoms with Crippen LogP contribution < -0.4 is 5.73 Å². The molecule has 1 aliphatic heterocycles. The van der Waals surface area contributed by atoms with E-state index in [9.17, 15) is 0 Å². The van der Waals surface area contributed by atoms with Crippen molar-refractivity contribution in [2.75, 3.05) is 13.6 Å². The van der Waals surface area contributed by atoms with E-state index in [0.717, 1.165) is 5.92 Å². The molecule has 2 fully saturated rings. The second-order valence-electron chi connectivity index (χ2n) is 7.04. The Balaban J connectivity index is 2.03. The van der Waals surface area contributed by atoms with Crippen molar-refractivity contribution in [3.05, 3.63) is 0 Å². The molecule has 1 aliphatic carbocycles. The molecule has 17 heavy (non-hydrogen) atoms. The zero-order valence-electron chi connectivity index (χ0n) is 12.1. The number of rotatable bonds is 2. The largest absolute Gasteiger partial charge is 0.326 e. The average Bonchev–Trinajstić information content (AvgIpc) is 2.59. The van der Waals surface area contributed by atoms with Gasteiger partial charge in [-0.05, 0) is 57.0 Å². The standard InChI is InChI=1S/C15H30N2/c1-5-14(2,3)12-6-9-15(10-7-12)13(16)8-11-17(15)4/h12-13H,5-11,16H2,1-4H3. The third-order valence-corrected chi connectivity index (χ3v) is 6.09. The first kappa shape index (κ1) is 13.4. The lowest BCUT2D eigenvalue weighted by molar-refractivity contribution is 0.0447. The van der Waals surface area contributed by atoms with Gasteiger partial charge < -0.3 is 5.73 Å². The summed E-state index contributed by atoms with van der Waals surface area (Å²) in [5.74, 6) is 0.902. The van der Waals surface area contributed by atoms with Gasteiger partial charge >= 0.3 is 0 Å². The maximum atomic E-state index is 6.38. The van der Waals surface area contributed by atoms with Crippen molar-refractivity contribution in [3.63, 3.8) is 0 Å². The molecule has 2 rings (SSSR count). The summed E-state index contributed by atoms with van der Waals surface area (Å²) in [6, 6.07) is 0.415. The lowest BCUT2D eigenvalue weighted by Crippen LogP contribution is -2.55. The lowest BCUT2D eigenvalue weighted by atomic mass is 9.64. The smallest absolute Gasteiger partial charge is 0.0358 e. The van der Waals surface area contributed by atoms with E-state index in [2.05, 4.69) is 32.7 Å². The summed E-state index contributed by atoms with van der Waals surface area (Å²) in [5, 5.41) is 0. The van der Waals surface area contributed by atoms with Gasteiger partial charge in [-0.2, -0.15) is 0 Å². The molecule has 1 spiro atoms. The van der Waals surface area contributed by atoms with Crippen LogP contribution in [-0.4, -0.2) is 30.1 Å². The van der Waals surface area contributed by atoms with Crippen molar-refractivity contribution in [1.82, 2.24) is 4.90 Å². The second-order valence-corrected chi connectivity index (χ2v) is 7.04. The molecule has 0 aromatic rings. The Morgan fingerprint density at radius 3 is 2.24 bits per heavy atom. The zero-order valence-corrected chi connectivity index (χ0v) is 12.1. The quantitative estimate of drug-likeness (QED) is 0.801. The van der Waals surface area contributed by atoms with Gasteiger partial charge in [-0.15, -0.1) is 0 Å². The van der Waals surface area contributed by atoms with Crippen LogP contribution in [0.15, 0.2) is 0 Å². The molecular formula is C15H30N2. The van der Waals surface area contributed by atoms with Crippen molar-refractivity contribution >= 4 is 0 Å². The predicted octanol–water partition coefficient (Wildman–Crippen LogP) is 3.01. The monoisotopic (exact) mass is 238 g/mol. The Kier molecular flexibility index (Phi) is 3.57. The van der Waals surface area contributed by atoms with Crippen LogP contribution in [-0.2, 0) is 0 Å². The Morgan fingerprint density at radius 2 is 1.82 bits per heavy atom. The van der Waals surface area contributed by atoms with Gasteiger partial charge in [-0.3, -0.25) is 4.90 Å². The Bertz CT molecular complexity index is 252. The highest BCUT2D eigenvalue weighted by atomic mass is 15.2. The van der Waals surface area contributed by atoms with E-state index < -0.39 is 0 Å². The number of nitrogens with zero attached hydrogens (tertiary/aromatic N) is 1. The van der Waals surface area contributed by atoms with Gasteiger partial charge in [-0.1, -0.05) is 27.2 Å². The van der Waals surface area contributed by atoms with E-state index in [4.69, 9.17) is 5.73 Å². The molecule has 1 saturated carbocycles. The molecule has 0 bridgehead atoms. The van der Waals surface area contributed by atoms with Crippen molar-refractivity contribution in [2.45, 2.75) is 70.9 Å². The van der Waals surface area contributed by atoms with Crippen LogP contribution in [0.5, 0.6) is 0 Å². The molecule has 1 unspecified atom stereocenters. The highest BCUT2D eigenvalue weighted by Crippen LogP contribution is 2.47. The minimum Gasteiger partial charge on any atom is -0.326 e. The molecular weight excluding hydrogens is 208 g/mol. The Hall–Kier alpha value is -0.0800.